The van der Waals surface area contributed by atoms with Gasteiger partial charge in [0.25, 0.3) is 11.8 Å². The second-order valence-electron chi connectivity index (χ2n) is 6.07. The number of nitrogens with one attached hydrogen (secondary N) is 3. The minimum absolute atomic E-state index is 0.178. The normalized spacial score (nSPS) is 10.4. The van der Waals surface area contributed by atoms with Gasteiger partial charge in [0, 0.05) is 30.8 Å². The van der Waals surface area contributed by atoms with Crippen LogP contribution in [0.25, 0.3) is 0 Å². The van der Waals surface area contributed by atoms with E-state index in [0.29, 0.717) is 22.0 Å². The van der Waals surface area contributed by atoms with Crippen LogP contribution in [0.2, 0.25) is 5.02 Å². The number of hydrogen-bond donors (Lipinski definition) is 3. The van der Waals surface area contributed by atoms with Gasteiger partial charge < -0.3 is 16.0 Å². The average molecular weight is 389 g/mol. The molecule has 142 valence electrons. The molecule has 0 spiro atoms. The third-order valence-electron chi connectivity index (χ3n) is 3.61. The maximum atomic E-state index is 12.2. The van der Waals surface area contributed by atoms with E-state index in [1.54, 1.807) is 44.2 Å². The van der Waals surface area contributed by atoms with E-state index in [1.165, 1.54) is 12.3 Å². The smallest absolute Gasteiger partial charge is 0.252 e. The van der Waals surface area contributed by atoms with Crippen LogP contribution < -0.4 is 16.0 Å². The van der Waals surface area contributed by atoms with Crippen molar-refractivity contribution in [2.75, 3.05) is 18.4 Å². The number of benzene rings is 1. The standard InChI is InChI=1S/C19H21ClN4O3/c1-12(2)17(25)24-16-11-13(7-8-21-16)18(26)22-9-10-23-19(27)14-5-3-4-6-15(14)20/h3-8,11-12H,9-10H2,1-2H3,(H,22,26)(H,23,27)(H,21,24,25). The van der Waals surface area contributed by atoms with E-state index in [2.05, 4.69) is 20.9 Å². The summed E-state index contributed by atoms with van der Waals surface area (Å²) >= 11 is 5.97. The Bertz CT molecular complexity index is 839. The van der Waals surface area contributed by atoms with Crippen molar-refractivity contribution >= 4 is 35.1 Å². The molecular weight excluding hydrogens is 368 g/mol. The summed E-state index contributed by atoms with van der Waals surface area (Å²) in [5.41, 5.74) is 0.742. The Morgan fingerprint density at radius 1 is 1.04 bits per heavy atom. The third kappa shape index (κ3) is 6.07. The molecule has 27 heavy (non-hydrogen) atoms. The minimum Gasteiger partial charge on any atom is -0.350 e. The largest absolute Gasteiger partial charge is 0.350 e. The molecule has 3 amide bonds. The molecule has 1 heterocycles. The Hall–Kier alpha value is -2.93. The highest BCUT2D eigenvalue weighted by Crippen LogP contribution is 2.14. The maximum Gasteiger partial charge on any atom is 0.252 e. The molecule has 0 fully saturated rings. The third-order valence-corrected chi connectivity index (χ3v) is 3.94. The number of carbonyl (C=O) groups is 3. The number of aromatic nitrogens is 1. The minimum atomic E-state index is -0.329. The predicted octanol–water partition coefficient (Wildman–Crippen LogP) is 2.49. The van der Waals surface area contributed by atoms with Gasteiger partial charge in [0.1, 0.15) is 5.82 Å². The second kappa shape index (κ2) is 9.68. The fourth-order valence-corrected chi connectivity index (χ4v) is 2.33. The van der Waals surface area contributed by atoms with Gasteiger partial charge in [0.2, 0.25) is 5.91 Å². The highest BCUT2D eigenvalue weighted by molar-refractivity contribution is 6.33. The van der Waals surface area contributed by atoms with Gasteiger partial charge in [-0.1, -0.05) is 37.6 Å². The van der Waals surface area contributed by atoms with Crippen LogP contribution in [0.4, 0.5) is 5.82 Å². The molecule has 7 nitrogen and oxygen atoms in total. The monoisotopic (exact) mass is 388 g/mol. The van der Waals surface area contributed by atoms with Crippen LogP contribution in [-0.2, 0) is 4.79 Å². The molecular formula is C19H21ClN4O3. The van der Waals surface area contributed by atoms with Crippen molar-refractivity contribution in [1.82, 2.24) is 15.6 Å². The molecule has 2 aromatic rings. The summed E-state index contributed by atoms with van der Waals surface area (Å²) in [4.78, 5) is 40.0. The topological polar surface area (TPSA) is 100 Å². The van der Waals surface area contributed by atoms with E-state index >= 15 is 0 Å². The zero-order valence-corrected chi connectivity index (χ0v) is 15.8. The number of nitrogens with zero attached hydrogens (tertiary/aromatic N) is 1. The summed E-state index contributed by atoms with van der Waals surface area (Å²) in [6, 6.07) is 9.77. The SMILES string of the molecule is CC(C)C(=O)Nc1cc(C(=O)NCCNC(=O)c2ccccc2Cl)ccn1. The fourth-order valence-electron chi connectivity index (χ4n) is 2.11. The van der Waals surface area contributed by atoms with Crippen LogP contribution in [-0.4, -0.2) is 35.8 Å². The van der Waals surface area contributed by atoms with Crippen molar-refractivity contribution in [2.45, 2.75) is 13.8 Å². The summed E-state index contributed by atoms with van der Waals surface area (Å²) in [6.07, 6.45) is 1.45. The summed E-state index contributed by atoms with van der Waals surface area (Å²) in [6.45, 7) is 4.02. The lowest BCUT2D eigenvalue weighted by atomic mass is 10.2. The number of anilines is 1. The Morgan fingerprint density at radius 2 is 1.70 bits per heavy atom. The van der Waals surface area contributed by atoms with Crippen molar-refractivity contribution in [1.29, 1.82) is 0 Å². The Morgan fingerprint density at radius 3 is 2.37 bits per heavy atom. The van der Waals surface area contributed by atoms with Crippen LogP contribution >= 0.6 is 11.6 Å². The fraction of sp³-hybridized carbons (Fsp3) is 0.263. The Balaban J connectivity index is 1.83. The lowest BCUT2D eigenvalue weighted by molar-refractivity contribution is -0.118. The first kappa shape index (κ1) is 20.4. The van der Waals surface area contributed by atoms with Crippen LogP contribution in [0.1, 0.15) is 34.6 Å². The van der Waals surface area contributed by atoms with Crippen molar-refractivity contribution < 1.29 is 14.4 Å². The predicted molar refractivity (Wildman–Crippen MR) is 104 cm³/mol. The van der Waals surface area contributed by atoms with Gasteiger partial charge in [-0.2, -0.15) is 0 Å². The van der Waals surface area contributed by atoms with E-state index < -0.39 is 0 Å². The molecule has 0 atom stereocenters. The van der Waals surface area contributed by atoms with Crippen molar-refractivity contribution in [3.8, 4) is 0 Å². The molecule has 2 rings (SSSR count). The molecule has 0 aliphatic carbocycles. The first-order valence-corrected chi connectivity index (χ1v) is 8.84. The number of amides is 3. The number of carbonyl (C=O) groups excluding carboxylic acids is 3. The van der Waals surface area contributed by atoms with Gasteiger partial charge in [-0.25, -0.2) is 4.98 Å². The quantitative estimate of drug-likeness (QED) is 0.634. The molecule has 0 bridgehead atoms. The van der Waals surface area contributed by atoms with E-state index in [4.69, 9.17) is 11.6 Å². The Labute approximate surface area is 162 Å². The molecule has 0 aliphatic heterocycles. The van der Waals surface area contributed by atoms with Gasteiger partial charge in [0.15, 0.2) is 0 Å². The van der Waals surface area contributed by atoms with Gasteiger partial charge >= 0.3 is 0 Å². The zero-order chi connectivity index (χ0) is 19.8. The molecule has 1 aromatic carbocycles. The second-order valence-corrected chi connectivity index (χ2v) is 6.47. The molecule has 0 radical (unpaired) electrons. The van der Waals surface area contributed by atoms with E-state index in [0.717, 1.165) is 0 Å². The summed E-state index contributed by atoms with van der Waals surface area (Å²) in [7, 11) is 0. The molecule has 0 unspecified atom stereocenters. The van der Waals surface area contributed by atoms with Crippen molar-refractivity contribution in [3.05, 3.63) is 58.7 Å². The summed E-state index contributed by atoms with van der Waals surface area (Å²) in [5.74, 6) is -0.691. The first-order chi connectivity index (χ1) is 12.9. The van der Waals surface area contributed by atoms with Crippen LogP contribution in [0, 0.1) is 5.92 Å². The van der Waals surface area contributed by atoms with E-state index in [1.807, 2.05) is 0 Å². The number of pyridine rings is 1. The maximum absolute atomic E-state index is 12.2. The van der Waals surface area contributed by atoms with Gasteiger partial charge in [-0.3, -0.25) is 14.4 Å². The number of halogens is 1. The van der Waals surface area contributed by atoms with Crippen LogP contribution in [0.3, 0.4) is 0 Å². The van der Waals surface area contributed by atoms with Crippen molar-refractivity contribution in [2.24, 2.45) is 5.92 Å². The average Bonchev–Trinajstić information content (AvgIpc) is 2.65. The van der Waals surface area contributed by atoms with E-state index in [9.17, 15) is 14.4 Å². The van der Waals surface area contributed by atoms with Gasteiger partial charge in [0.05, 0.1) is 10.6 Å². The first-order valence-electron chi connectivity index (χ1n) is 8.46. The van der Waals surface area contributed by atoms with Gasteiger partial charge in [-0.15, -0.1) is 0 Å². The Kier molecular flexibility index (Phi) is 7.31. The van der Waals surface area contributed by atoms with Crippen LogP contribution in [0.5, 0.6) is 0 Å². The summed E-state index contributed by atoms with van der Waals surface area (Å²) < 4.78 is 0. The number of rotatable bonds is 7. The summed E-state index contributed by atoms with van der Waals surface area (Å²) in [5, 5.41) is 8.40. The molecule has 8 heteroatoms. The van der Waals surface area contributed by atoms with Gasteiger partial charge in [-0.05, 0) is 24.3 Å². The molecule has 0 aliphatic rings. The van der Waals surface area contributed by atoms with Crippen molar-refractivity contribution in [3.63, 3.8) is 0 Å². The highest BCUT2D eigenvalue weighted by Gasteiger charge is 2.12. The molecule has 1 aromatic heterocycles. The van der Waals surface area contributed by atoms with Crippen LogP contribution in [0.15, 0.2) is 42.6 Å². The molecule has 3 N–H and O–H groups in total. The lowest BCUT2D eigenvalue weighted by Crippen LogP contribution is -2.34. The number of hydrogen-bond acceptors (Lipinski definition) is 4. The highest BCUT2D eigenvalue weighted by atomic mass is 35.5. The van der Waals surface area contributed by atoms with E-state index in [-0.39, 0.29) is 36.7 Å². The molecule has 0 saturated heterocycles. The molecule has 0 saturated carbocycles. The zero-order valence-electron chi connectivity index (χ0n) is 15.1. The lowest BCUT2D eigenvalue weighted by Gasteiger charge is -2.10.